The predicted octanol–water partition coefficient (Wildman–Crippen LogP) is 9.48. The molecule has 30 heavy (non-hydrogen) atoms. The van der Waals surface area contributed by atoms with Gasteiger partial charge in [-0.15, -0.1) is 0 Å². The molecule has 0 heterocycles. The van der Waals surface area contributed by atoms with Gasteiger partial charge in [0, 0.05) is 16.7 Å². The molecule has 1 aromatic rings. The van der Waals surface area contributed by atoms with Crippen molar-refractivity contribution in [1.29, 1.82) is 0 Å². The van der Waals surface area contributed by atoms with E-state index in [9.17, 15) is 0 Å². The third-order valence-corrected chi connectivity index (χ3v) is 6.52. The van der Waals surface area contributed by atoms with E-state index in [2.05, 4.69) is 31.9 Å². The lowest BCUT2D eigenvalue weighted by Crippen LogP contribution is -2.00. The molecule has 0 amide bonds. The molecule has 0 saturated carbocycles. The van der Waals surface area contributed by atoms with Crippen LogP contribution in [0.1, 0.15) is 103 Å². The van der Waals surface area contributed by atoms with Crippen molar-refractivity contribution in [3.63, 3.8) is 0 Å². The van der Waals surface area contributed by atoms with Crippen molar-refractivity contribution in [2.75, 3.05) is 23.9 Å². The number of rotatable bonds is 22. The summed E-state index contributed by atoms with van der Waals surface area (Å²) in [4.78, 5) is 0. The number of hydrogen-bond donors (Lipinski definition) is 0. The molecule has 174 valence electrons. The molecule has 1 aromatic carbocycles. The van der Waals surface area contributed by atoms with Gasteiger partial charge in [0.05, 0.1) is 13.2 Å². The zero-order chi connectivity index (χ0) is 21.5. The second-order valence-electron chi connectivity index (χ2n) is 8.21. The Labute approximate surface area is 203 Å². The van der Waals surface area contributed by atoms with Crippen LogP contribution in [0, 0.1) is 0 Å². The summed E-state index contributed by atoms with van der Waals surface area (Å²) in [6.07, 6.45) is 21.1. The number of unbranched alkanes of at least 4 members (excludes halogenated alkanes) is 14. The van der Waals surface area contributed by atoms with Gasteiger partial charge >= 0.3 is 0 Å². The van der Waals surface area contributed by atoms with E-state index < -0.39 is 0 Å². The summed E-state index contributed by atoms with van der Waals surface area (Å²) in [5.41, 5.74) is 0. The molecular formula is C26H44Br2O2. The summed E-state index contributed by atoms with van der Waals surface area (Å²) in [7, 11) is 0. The van der Waals surface area contributed by atoms with Crippen LogP contribution in [0.5, 0.6) is 11.5 Å². The van der Waals surface area contributed by atoms with Crippen LogP contribution < -0.4 is 9.47 Å². The number of benzene rings is 1. The Hall–Kier alpha value is -0.220. The molecule has 0 atom stereocenters. The Kier molecular flexibility index (Phi) is 20.4. The molecule has 0 spiro atoms. The zero-order valence-electron chi connectivity index (χ0n) is 19.0. The Morgan fingerprint density at radius 3 is 1.17 bits per heavy atom. The third kappa shape index (κ3) is 17.5. The van der Waals surface area contributed by atoms with Gasteiger partial charge in [0.2, 0.25) is 0 Å². The minimum atomic E-state index is 0.808. The molecular weight excluding hydrogens is 504 g/mol. The maximum Gasteiger partial charge on any atom is 0.122 e. The highest BCUT2D eigenvalue weighted by molar-refractivity contribution is 9.09. The molecule has 0 fully saturated rings. The van der Waals surface area contributed by atoms with Crippen molar-refractivity contribution >= 4 is 31.9 Å². The van der Waals surface area contributed by atoms with E-state index in [0.29, 0.717) is 0 Å². The molecule has 0 radical (unpaired) electrons. The first kappa shape index (κ1) is 27.8. The smallest absolute Gasteiger partial charge is 0.122 e. The van der Waals surface area contributed by atoms with Gasteiger partial charge in [-0.05, 0) is 37.8 Å². The average Bonchev–Trinajstić information content (AvgIpc) is 2.76. The fraction of sp³-hybridized carbons (Fsp3) is 0.769. The summed E-state index contributed by atoms with van der Waals surface area (Å²) in [6.45, 7) is 1.62. The van der Waals surface area contributed by atoms with Crippen LogP contribution in [0.4, 0.5) is 0 Å². The molecule has 1 rings (SSSR count). The monoisotopic (exact) mass is 546 g/mol. The van der Waals surface area contributed by atoms with Gasteiger partial charge in [-0.1, -0.05) is 115 Å². The van der Waals surface area contributed by atoms with Gasteiger partial charge < -0.3 is 9.47 Å². The molecule has 0 aliphatic carbocycles. The van der Waals surface area contributed by atoms with Gasteiger partial charge in [-0.2, -0.15) is 0 Å². The van der Waals surface area contributed by atoms with Crippen LogP contribution in [0.3, 0.4) is 0 Å². The molecule has 0 saturated heterocycles. The van der Waals surface area contributed by atoms with E-state index in [1.54, 1.807) is 0 Å². The van der Waals surface area contributed by atoms with Crippen LogP contribution in [0.2, 0.25) is 0 Å². The minimum Gasteiger partial charge on any atom is -0.493 e. The lowest BCUT2D eigenvalue weighted by Gasteiger charge is -2.10. The first-order chi connectivity index (χ1) is 14.9. The Morgan fingerprint density at radius 2 is 0.800 bits per heavy atom. The van der Waals surface area contributed by atoms with Gasteiger partial charge in [-0.25, -0.2) is 0 Å². The summed E-state index contributed by atoms with van der Waals surface area (Å²) in [6, 6.07) is 8.14. The molecule has 0 aliphatic heterocycles. The lowest BCUT2D eigenvalue weighted by atomic mass is 10.1. The largest absolute Gasteiger partial charge is 0.493 e. The first-order valence-electron chi connectivity index (χ1n) is 12.3. The molecule has 0 unspecified atom stereocenters. The van der Waals surface area contributed by atoms with Crippen LogP contribution in [-0.2, 0) is 0 Å². The van der Waals surface area contributed by atoms with Crippen LogP contribution >= 0.6 is 31.9 Å². The summed E-state index contributed by atoms with van der Waals surface area (Å²) in [5.74, 6) is 1.87. The lowest BCUT2D eigenvalue weighted by molar-refractivity contribution is 0.289. The number of ether oxygens (including phenoxy) is 2. The van der Waals surface area contributed by atoms with Gasteiger partial charge in [0.15, 0.2) is 0 Å². The van der Waals surface area contributed by atoms with Crippen molar-refractivity contribution in [1.82, 2.24) is 0 Å². The van der Waals surface area contributed by atoms with Crippen molar-refractivity contribution in [3.8, 4) is 11.5 Å². The van der Waals surface area contributed by atoms with E-state index in [-0.39, 0.29) is 0 Å². The van der Waals surface area contributed by atoms with Gasteiger partial charge in [0.25, 0.3) is 0 Å². The number of halogens is 2. The van der Waals surface area contributed by atoms with E-state index >= 15 is 0 Å². The topological polar surface area (TPSA) is 18.5 Å². The van der Waals surface area contributed by atoms with E-state index in [0.717, 1.165) is 48.2 Å². The van der Waals surface area contributed by atoms with E-state index in [1.807, 2.05) is 24.3 Å². The maximum absolute atomic E-state index is 5.92. The second kappa shape index (κ2) is 22.0. The fourth-order valence-electron chi connectivity index (χ4n) is 3.55. The van der Waals surface area contributed by atoms with Gasteiger partial charge in [0.1, 0.15) is 11.5 Å². The summed E-state index contributed by atoms with van der Waals surface area (Å²) in [5, 5.41) is 2.30. The van der Waals surface area contributed by atoms with Gasteiger partial charge in [-0.3, -0.25) is 0 Å². The third-order valence-electron chi connectivity index (χ3n) is 5.40. The van der Waals surface area contributed by atoms with E-state index in [1.165, 1.54) is 89.9 Å². The predicted molar refractivity (Wildman–Crippen MR) is 139 cm³/mol. The zero-order valence-corrected chi connectivity index (χ0v) is 22.2. The minimum absolute atomic E-state index is 0.808. The SMILES string of the molecule is BrCCCCCCCCCCOc1cccc(OCCCCCCCCCCBr)c1. The average molecular weight is 548 g/mol. The Balaban J connectivity index is 1.97. The van der Waals surface area contributed by atoms with E-state index in [4.69, 9.17) is 9.47 Å². The quantitative estimate of drug-likeness (QED) is 0.106. The normalized spacial score (nSPS) is 11.0. The van der Waals surface area contributed by atoms with Crippen LogP contribution in [0.15, 0.2) is 24.3 Å². The highest BCUT2D eigenvalue weighted by atomic mass is 79.9. The van der Waals surface area contributed by atoms with Crippen LogP contribution in [-0.4, -0.2) is 23.9 Å². The maximum atomic E-state index is 5.92. The van der Waals surface area contributed by atoms with Crippen LogP contribution in [0.25, 0.3) is 0 Å². The first-order valence-corrected chi connectivity index (χ1v) is 14.6. The molecule has 0 aliphatic rings. The highest BCUT2D eigenvalue weighted by Crippen LogP contribution is 2.20. The second-order valence-corrected chi connectivity index (χ2v) is 9.79. The summed E-state index contributed by atoms with van der Waals surface area (Å²) >= 11 is 6.99. The fourth-order valence-corrected chi connectivity index (χ4v) is 4.34. The molecule has 0 bridgehead atoms. The Morgan fingerprint density at radius 1 is 0.467 bits per heavy atom. The van der Waals surface area contributed by atoms with Crippen molar-refractivity contribution < 1.29 is 9.47 Å². The van der Waals surface area contributed by atoms with Crippen molar-refractivity contribution in [3.05, 3.63) is 24.3 Å². The number of alkyl halides is 2. The Bertz CT molecular complexity index is 443. The molecule has 0 N–H and O–H groups in total. The van der Waals surface area contributed by atoms with Crippen molar-refractivity contribution in [2.24, 2.45) is 0 Å². The van der Waals surface area contributed by atoms with Crippen molar-refractivity contribution in [2.45, 2.75) is 103 Å². The highest BCUT2D eigenvalue weighted by Gasteiger charge is 1.99. The molecule has 0 aromatic heterocycles. The summed E-state index contributed by atoms with van der Waals surface area (Å²) < 4.78 is 11.8. The molecule has 2 nitrogen and oxygen atoms in total. The standard InChI is InChI=1S/C26H44Br2O2/c27-20-13-9-5-1-3-7-11-15-22-29-25-18-17-19-26(24-25)30-23-16-12-8-4-2-6-10-14-21-28/h17-19,24H,1-16,20-23H2. The molecule has 4 heteroatoms. The number of hydrogen-bond acceptors (Lipinski definition) is 2.